The monoisotopic (exact) mass is 524 g/mol. The summed E-state index contributed by atoms with van der Waals surface area (Å²) in [5, 5.41) is 3.13. The molecule has 2 fully saturated rings. The summed E-state index contributed by atoms with van der Waals surface area (Å²) in [5.74, 6) is 2.93. The number of amides is 2. The summed E-state index contributed by atoms with van der Waals surface area (Å²) >= 11 is 0. The number of rotatable bonds is 12. The number of nitrogens with one attached hydrogen (secondary N) is 1. The van der Waals surface area contributed by atoms with Crippen molar-refractivity contribution in [1.29, 1.82) is 0 Å². The Hall–Kier alpha value is -2.57. The minimum atomic E-state index is -0.633. The number of ether oxygens (including phenoxy) is 1. The van der Waals surface area contributed by atoms with Crippen molar-refractivity contribution < 1.29 is 14.3 Å². The molecule has 7 nitrogen and oxygen atoms in total. The molecule has 38 heavy (non-hydrogen) atoms. The van der Waals surface area contributed by atoms with Crippen molar-refractivity contribution in [2.75, 3.05) is 20.2 Å². The van der Waals surface area contributed by atoms with E-state index in [1.54, 1.807) is 7.11 Å². The van der Waals surface area contributed by atoms with E-state index < -0.39 is 5.54 Å². The maximum atomic E-state index is 13.8. The first-order valence-corrected chi connectivity index (χ1v) is 15.0. The summed E-state index contributed by atoms with van der Waals surface area (Å²) in [6, 6.07) is 7.66. The largest absolute Gasteiger partial charge is 0.497 e. The van der Waals surface area contributed by atoms with E-state index in [1.165, 1.54) is 32.1 Å². The first kappa shape index (κ1) is 28.4. The van der Waals surface area contributed by atoms with E-state index in [-0.39, 0.29) is 11.8 Å². The second kappa shape index (κ2) is 13.5. The summed E-state index contributed by atoms with van der Waals surface area (Å²) in [5.41, 5.74) is 6.75. The van der Waals surface area contributed by atoms with Crippen LogP contribution in [0.2, 0.25) is 0 Å². The van der Waals surface area contributed by atoms with Crippen LogP contribution in [0.5, 0.6) is 5.75 Å². The highest BCUT2D eigenvalue weighted by atomic mass is 16.5. The number of aliphatic imine (C=N–C) groups is 1. The van der Waals surface area contributed by atoms with E-state index in [4.69, 9.17) is 15.5 Å². The first-order chi connectivity index (χ1) is 18.4. The summed E-state index contributed by atoms with van der Waals surface area (Å²) in [7, 11) is 1.64. The van der Waals surface area contributed by atoms with Crippen molar-refractivity contribution in [3.8, 4) is 5.75 Å². The van der Waals surface area contributed by atoms with Gasteiger partial charge in [0, 0.05) is 13.1 Å². The third kappa shape index (κ3) is 7.29. The van der Waals surface area contributed by atoms with Crippen LogP contribution < -0.4 is 15.8 Å². The molecule has 210 valence electrons. The van der Waals surface area contributed by atoms with Crippen molar-refractivity contribution in [3.63, 3.8) is 0 Å². The summed E-state index contributed by atoms with van der Waals surface area (Å²) < 4.78 is 5.25. The second-order valence-corrected chi connectivity index (χ2v) is 11.9. The number of benzene rings is 1. The van der Waals surface area contributed by atoms with Crippen LogP contribution in [0.25, 0.3) is 0 Å². The van der Waals surface area contributed by atoms with E-state index in [0.29, 0.717) is 43.2 Å². The Kier molecular flexibility index (Phi) is 10.1. The first-order valence-electron chi connectivity index (χ1n) is 15.0. The fourth-order valence-electron chi connectivity index (χ4n) is 6.76. The molecule has 1 heterocycles. The van der Waals surface area contributed by atoms with E-state index in [1.807, 2.05) is 29.2 Å². The van der Waals surface area contributed by atoms with Gasteiger partial charge in [-0.1, -0.05) is 64.0 Å². The van der Waals surface area contributed by atoms with Gasteiger partial charge in [-0.05, 0) is 74.0 Å². The number of methoxy groups -OCH3 is 1. The van der Waals surface area contributed by atoms with Gasteiger partial charge < -0.3 is 15.8 Å². The van der Waals surface area contributed by atoms with Crippen molar-refractivity contribution in [2.24, 2.45) is 28.5 Å². The molecule has 1 atom stereocenters. The van der Waals surface area contributed by atoms with Crippen molar-refractivity contribution in [1.82, 2.24) is 10.2 Å². The number of guanidine groups is 1. The number of hydrogen-bond acceptors (Lipinski definition) is 5. The van der Waals surface area contributed by atoms with Crippen molar-refractivity contribution >= 4 is 17.8 Å². The molecule has 2 saturated carbocycles. The number of unbranched alkanes of at least 4 members (excludes halogenated alkanes) is 1. The highest BCUT2D eigenvalue weighted by Gasteiger charge is 2.48. The SMILES string of the molecule is CCCCC1(CC2CCCCC2)N=C(N)N(CC2CCC(CNC(=O)Cc3cccc(OC)c3)CC2)C1=O. The number of nitrogens with zero attached hydrogens (tertiary/aromatic N) is 2. The van der Waals surface area contributed by atoms with E-state index in [2.05, 4.69) is 12.2 Å². The van der Waals surface area contributed by atoms with Gasteiger partial charge in [0.25, 0.3) is 5.91 Å². The molecule has 0 aromatic heterocycles. The van der Waals surface area contributed by atoms with Gasteiger partial charge in [0.15, 0.2) is 5.96 Å². The third-order valence-corrected chi connectivity index (χ3v) is 9.04. The lowest BCUT2D eigenvalue weighted by Crippen LogP contribution is -2.47. The van der Waals surface area contributed by atoms with Gasteiger partial charge in [-0.15, -0.1) is 0 Å². The van der Waals surface area contributed by atoms with Crippen LogP contribution in [-0.2, 0) is 16.0 Å². The molecule has 2 aliphatic carbocycles. The van der Waals surface area contributed by atoms with Crippen LogP contribution in [0.15, 0.2) is 29.3 Å². The van der Waals surface area contributed by atoms with E-state index in [0.717, 1.165) is 62.7 Å². The summed E-state index contributed by atoms with van der Waals surface area (Å²) in [4.78, 5) is 33.0. The van der Waals surface area contributed by atoms with E-state index in [9.17, 15) is 9.59 Å². The molecule has 0 bridgehead atoms. The zero-order chi connectivity index (χ0) is 27.0. The standard InChI is InChI=1S/C31H48N4O3/c1-3-4-17-31(20-23-9-6-5-7-10-23)29(37)35(30(32)34-31)22-25-15-13-24(14-16-25)21-33-28(36)19-26-11-8-12-27(18-26)38-2/h8,11-12,18,23-25H,3-7,9-10,13-17,19-22H2,1-2H3,(H2,32,34)(H,33,36). The molecule has 4 rings (SSSR count). The van der Waals surface area contributed by atoms with Crippen LogP contribution in [-0.4, -0.2) is 48.4 Å². The normalized spacial score (nSPS) is 26.3. The average molecular weight is 525 g/mol. The van der Waals surface area contributed by atoms with Crippen LogP contribution >= 0.6 is 0 Å². The topological polar surface area (TPSA) is 97.0 Å². The smallest absolute Gasteiger partial charge is 0.257 e. The maximum Gasteiger partial charge on any atom is 0.257 e. The Morgan fingerprint density at radius 2 is 1.84 bits per heavy atom. The van der Waals surface area contributed by atoms with Gasteiger partial charge in [0.2, 0.25) is 5.91 Å². The second-order valence-electron chi connectivity index (χ2n) is 11.9. The number of hydrogen-bond donors (Lipinski definition) is 2. The molecule has 1 unspecified atom stereocenters. The Labute approximate surface area is 229 Å². The average Bonchev–Trinajstić information content (AvgIpc) is 3.16. The van der Waals surface area contributed by atoms with Crippen LogP contribution in [0.1, 0.15) is 96.0 Å². The molecule has 0 spiro atoms. The van der Waals surface area contributed by atoms with Gasteiger partial charge in [-0.25, -0.2) is 4.99 Å². The zero-order valence-electron chi connectivity index (χ0n) is 23.6. The quantitative estimate of drug-likeness (QED) is 0.392. The maximum absolute atomic E-state index is 13.8. The molecule has 0 saturated heterocycles. The molecule has 3 N–H and O–H groups in total. The Morgan fingerprint density at radius 3 is 2.55 bits per heavy atom. The third-order valence-electron chi connectivity index (χ3n) is 9.04. The van der Waals surface area contributed by atoms with Crippen molar-refractivity contribution in [3.05, 3.63) is 29.8 Å². The number of carbonyl (C=O) groups excluding carboxylic acids is 2. The molecule has 2 amide bonds. The minimum Gasteiger partial charge on any atom is -0.497 e. The van der Waals surface area contributed by atoms with Gasteiger partial charge in [0.1, 0.15) is 11.3 Å². The molecule has 1 aliphatic heterocycles. The molecular weight excluding hydrogens is 476 g/mol. The molecular formula is C31H48N4O3. The highest BCUT2D eigenvalue weighted by Crippen LogP contribution is 2.39. The van der Waals surface area contributed by atoms with Crippen LogP contribution in [0, 0.1) is 17.8 Å². The summed E-state index contributed by atoms with van der Waals surface area (Å²) in [6.45, 7) is 3.57. The molecule has 7 heteroatoms. The lowest BCUT2D eigenvalue weighted by atomic mass is 9.77. The van der Waals surface area contributed by atoms with Crippen LogP contribution in [0.4, 0.5) is 0 Å². The lowest BCUT2D eigenvalue weighted by molar-refractivity contribution is -0.133. The molecule has 3 aliphatic rings. The number of carbonyl (C=O) groups is 2. The van der Waals surface area contributed by atoms with E-state index >= 15 is 0 Å². The summed E-state index contributed by atoms with van der Waals surface area (Å²) in [6.07, 6.45) is 14.7. The van der Waals surface area contributed by atoms with Gasteiger partial charge >= 0.3 is 0 Å². The van der Waals surface area contributed by atoms with Gasteiger partial charge in [-0.3, -0.25) is 14.5 Å². The number of nitrogens with two attached hydrogens (primary N) is 1. The Morgan fingerprint density at radius 1 is 1.11 bits per heavy atom. The predicted molar refractivity (Wildman–Crippen MR) is 152 cm³/mol. The Bertz CT molecular complexity index is 966. The molecule has 0 radical (unpaired) electrons. The van der Waals surface area contributed by atoms with Gasteiger partial charge in [0.05, 0.1) is 13.5 Å². The Balaban J connectivity index is 1.24. The minimum absolute atomic E-state index is 0.0495. The fraction of sp³-hybridized carbons (Fsp3) is 0.710. The lowest BCUT2D eigenvalue weighted by Gasteiger charge is -2.34. The van der Waals surface area contributed by atoms with Crippen LogP contribution in [0.3, 0.4) is 0 Å². The molecule has 1 aromatic carbocycles. The predicted octanol–water partition coefficient (Wildman–Crippen LogP) is 5.22. The van der Waals surface area contributed by atoms with Crippen molar-refractivity contribution in [2.45, 2.75) is 102 Å². The zero-order valence-corrected chi connectivity index (χ0v) is 23.6. The highest BCUT2D eigenvalue weighted by molar-refractivity contribution is 6.06. The van der Waals surface area contributed by atoms with Gasteiger partial charge in [-0.2, -0.15) is 0 Å². The molecule has 1 aromatic rings. The fourth-order valence-corrected chi connectivity index (χ4v) is 6.76.